The molecule has 0 amide bonds. The van der Waals surface area contributed by atoms with Crippen LogP contribution >= 0.6 is 0 Å². The summed E-state index contributed by atoms with van der Waals surface area (Å²) in [6.07, 6.45) is 6.83. The van der Waals surface area contributed by atoms with Crippen molar-refractivity contribution in [3.63, 3.8) is 0 Å². The Morgan fingerprint density at radius 3 is 2.86 bits per heavy atom. The van der Waals surface area contributed by atoms with Gasteiger partial charge in [-0.1, -0.05) is 6.08 Å². The van der Waals surface area contributed by atoms with E-state index in [1.807, 2.05) is 12.3 Å². The van der Waals surface area contributed by atoms with E-state index >= 15 is 0 Å². The van der Waals surface area contributed by atoms with Crippen LogP contribution in [0.25, 0.3) is 0 Å². The lowest BCUT2D eigenvalue weighted by Crippen LogP contribution is -2.04. The molecule has 0 saturated heterocycles. The maximum Gasteiger partial charge on any atom is 0.183 e. The Hall–Kier alpha value is -0.970. The van der Waals surface area contributed by atoms with Gasteiger partial charge in [-0.2, -0.15) is 5.26 Å². The molecule has 0 bridgehead atoms. The summed E-state index contributed by atoms with van der Waals surface area (Å²) < 4.78 is 0. The van der Waals surface area contributed by atoms with Gasteiger partial charge in [0.25, 0.3) is 0 Å². The molecule has 2 nitrogen and oxygen atoms in total. The average molecular weight is 94.1 g/mol. The van der Waals surface area contributed by atoms with Gasteiger partial charge in [-0.05, 0) is 6.42 Å². The van der Waals surface area contributed by atoms with Crippen molar-refractivity contribution in [3.8, 4) is 6.19 Å². The van der Waals surface area contributed by atoms with Crippen molar-refractivity contribution in [2.24, 2.45) is 0 Å². The molecule has 0 atom stereocenters. The first-order chi connectivity index (χ1) is 3.43. The van der Waals surface area contributed by atoms with E-state index in [0.717, 1.165) is 13.0 Å². The highest BCUT2D eigenvalue weighted by molar-refractivity contribution is 4.96. The van der Waals surface area contributed by atoms with Crippen LogP contribution in [0.1, 0.15) is 6.42 Å². The molecule has 0 aliphatic carbocycles. The van der Waals surface area contributed by atoms with Gasteiger partial charge in [-0.15, -0.1) is 0 Å². The second-order valence-electron chi connectivity index (χ2n) is 1.47. The smallest absolute Gasteiger partial charge is 0.183 e. The molecule has 1 rings (SSSR count). The highest BCUT2D eigenvalue weighted by atomic mass is 15.1. The van der Waals surface area contributed by atoms with Gasteiger partial charge < -0.3 is 0 Å². The summed E-state index contributed by atoms with van der Waals surface area (Å²) in [5, 5.41) is 8.19. The van der Waals surface area contributed by atoms with Crippen molar-refractivity contribution in [1.29, 1.82) is 5.26 Å². The fraction of sp³-hybridized carbons (Fsp3) is 0.400. The molecule has 0 N–H and O–H groups in total. The van der Waals surface area contributed by atoms with E-state index in [2.05, 4.69) is 0 Å². The Labute approximate surface area is 42.7 Å². The number of hydrogen-bond donors (Lipinski definition) is 0. The second-order valence-corrected chi connectivity index (χ2v) is 1.47. The normalized spacial score (nSPS) is 17.3. The van der Waals surface area contributed by atoms with E-state index < -0.39 is 0 Å². The molecule has 0 aromatic heterocycles. The van der Waals surface area contributed by atoms with Crippen molar-refractivity contribution in [2.75, 3.05) is 6.54 Å². The zero-order chi connectivity index (χ0) is 5.11. The zero-order valence-corrected chi connectivity index (χ0v) is 3.96. The minimum absolute atomic E-state index is 0.872. The van der Waals surface area contributed by atoms with Crippen molar-refractivity contribution < 1.29 is 0 Å². The monoisotopic (exact) mass is 94.1 g/mol. The van der Waals surface area contributed by atoms with Crippen LogP contribution in [0.15, 0.2) is 12.3 Å². The molecule has 1 aliphatic heterocycles. The molecule has 36 valence electrons. The Kier molecular flexibility index (Phi) is 0.991. The third kappa shape index (κ3) is 0.716. The molecule has 0 radical (unpaired) electrons. The third-order valence-electron chi connectivity index (χ3n) is 0.950. The Bertz CT molecular complexity index is 121. The van der Waals surface area contributed by atoms with E-state index in [9.17, 15) is 0 Å². The maximum absolute atomic E-state index is 8.19. The minimum atomic E-state index is 0.872. The van der Waals surface area contributed by atoms with Crippen LogP contribution in [0.5, 0.6) is 0 Å². The van der Waals surface area contributed by atoms with Gasteiger partial charge in [-0.3, -0.25) is 4.90 Å². The van der Waals surface area contributed by atoms with Crippen LogP contribution in [0, 0.1) is 11.5 Å². The first-order valence-corrected chi connectivity index (χ1v) is 2.26. The van der Waals surface area contributed by atoms with Gasteiger partial charge in [-0.25, -0.2) is 0 Å². The lowest BCUT2D eigenvalue weighted by molar-refractivity contribution is 0.569. The first kappa shape index (κ1) is 4.20. The fourth-order valence-electron chi connectivity index (χ4n) is 0.573. The quantitative estimate of drug-likeness (QED) is 0.413. The highest BCUT2D eigenvalue weighted by Crippen LogP contribution is 1.99. The van der Waals surface area contributed by atoms with Crippen molar-refractivity contribution in [2.45, 2.75) is 6.42 Å². The predicted molar refractivity (Wildman–Crippen MR) is 26.1 cm³/mol. The molecule has 0 unspecified atom stereocenters. The van der Waals surface area contributed by atoms with Crippen LogP contribution < -0.4 is 0 Å². The first-order valence-electron chi connectivity index (χ1n) is 2.26. The molecular formula is C5H6N2. The van der Waals surface area contributed by atoms with Gasteiger partial charge >= 0.3 is 0 Å². The number of rotatable bonds is 0. The summed E-state index contributed by atoms with van der Waals surface area (Å²) in [6, 6.07) is 0. The molecule has 1 aliphatic rings. The van der Waals surface area contributed by atoms with Crippen molar-refractivity contribution >= 4 is 0 Å². The molecule has 2 heteroatoms. The summed E-state index contributed by atoms with van der Waals surface area (Å²) in [4.78, 5) is 1.61. The van der Waals surface area contributed by atoms with Crippen LogP contribution in [-0.2, 0) is 0 Å². The zero-order valence-electron chi connectivity index (χ0n) is 3.96. The number of nitriles is 1. The summed E-state index contributed by atoms with van der Waals surface area (Å²) in [5.41, 5.74) is 0. The lowest BCUT2D eigenvalue weighted by atomic mass is 10.5. The molecule has 0 fully saturated rings. The highest BCUT2D eigenvalue weighted by Gasteiger charge is 1.98. The Morgan fingerprint density at radius 2 is 2.57 bits per heavy atom. The second kappa shape index (κ2) is 1.65. The van der Waals surface area contributed by atoms with Crippen LogP contribution in [0.4, 0.5) is 0 Å². The lowest BCUT2D eigenvalue weighted by Gasteiger charge is -1.97. The van der Waals surface area contributed by atoms with Gasteiger partial charge in [0.1, 0.15) is 0 Å². The molecule has 1 heterocycles. The molecule has 0 saturated carbocycles. The van der Waals surface area contributed by atoms with E-state index in [1.165, 1.54) is 0 Å². The number of nitrogens with zero attached hydrogens (tertiary/aromatic N) is 2. The standard InChI is InChI=1S/C5H6N2/c6-5-7-3-1-2-4-7/h1,3H,2,4H2. The summed E-state index contributed by atoms with van der Waals surface area (Å²) in [5.74, 6) is 0. The van der Waals surface area contributed by atoms with E-state index in [0.29, 0.717) is 0 Å². The topological polar surface area (TPSA) is 27.0 Å². The van der Waals surface area contributed by atoms with Gasteiger partial charge in [0.2, 0.25) is 0 Å². The Morgan fingerprint density at radius 1 is 1.71 bits per heavy atom. The Balaban J connectivity index is 2.47. The summed E-state index contributed by atoms with van der Waals surface area (Å²) in [7, 11) is 0. The van der Waals surface area contributed by atoms with Crippen LogP contribution in [0.2, 0.25) is 0 Å². The van der Waals surface area contributed by atoms with Crippen molar-refractivity contribution in [3.05, 3.63) is 12.3 Å². The molecule has 0 spiro atoms. The maximum atomic E-state index is 8.19. The molecule has 0 aromatic rings. The number of hydrogen-bond acceptors (Lipinski definition) is 2. The van der Waals surface area contributed by atoms with E-state index in [1.54, 1.807) is 11.1 Å². The molecular weight excluding hydrogens is 88.1 g/mol. The minimum Gasteiger partial charge on any atom is -0.287 e. The summed E-state index contributed by atoms with van der Waals surface area (Å²) >= 11 is 0. The van der Waals surface area contributed by atoms with Gasteiger partial charge in [0.15, 0.2) is 6.19 Å². The predicted octanol–water partition coefficient (Wildman–Crippen LogP) is 0.687. The largest absolute Gasteiger partial charge is 0.287 e. The van der Waals surface area contributed by atoms with Crippen LogP contribution in [-0.4, -0.2) is 11.4 Å². The average Bonchev–Trinajstić information content (AvgIpc) is 2.14. The third-order valence-corrected chi connectivity index (χ3v) is 0.950. The van der Waals surface area contributed by atoms with Gasteiger partial charge in [0.05, 0.1) is 0 Å². The fourth-order valence-corrected chi connectivity index (χ4v) is 0.573. The molecule has 7 heavy (non-hydrogen) atoms. The van der Waals surface area contributed by atoms with Crippen LogP contribution in [0.3, 0.4) is 0 Å². The summed E-state index contributed by atoms with van der Waals surface area (Å²) in [6.45, 7) is 0.872. The van der Waals surface area contributed by atoms with Gasteiger partial charge in [0, 0.05) is 12.7 Å². The van der Waals surface area contributed by atoms with Crippen molar-refractivity contribution in [1.82, 2.24) is 4.90 Å². The SMILES string of the molecule is N#CN1C=CCC1. The van der Waals surface area contributed by atoms with E-state index in [-0.39, 0.29) is 0 Å². The van der Waals surface area contributed by atoms with E-state index in [4.69, 9.17) is 5.26 Å². The molecule has 0 aromatic carbocycles.